The summed E-state index contributed by atoms with van der Waals surface area (Å²) in [5.74, 6) is 0. The maximum Gasteiger partial charge on any atom is 0.198 e. The Morgan fingerprint density at radius 1 is 1.78 bits per heavy atom. The first-order chi connectivity index (χ1) is 4.33. The van der Waals surface area contributed by atoms with Crippen LogP contribution in [0.15, 0.2) is 12.3 Å². The second-order valence-corrected chi connectivity index (χ2v) is 1.78. The van der Waals surface area contributed by atoms with E-state index in [0.29, 0.717) is 10.5 Å². The van der Waals surface area contributed by atoms with E-state index in [9.17, 15) is 0 Å². The van der Waals surface area contributed by atoms with Crippen LogP contribution >= 0.6 is 12.2 Å². The van der Waals surface area contributed by atoms with Crippen LogP contribution in [0.2, 0.25) is 0 Å². The monoisotopic (exact) mass is 137 g/mol. The lowest BCUT2D eigenvalue weighted by Gasteiger charge is -1.82. The number of rotatable bonds is 0. The van der Waals surface area contributed by atoms with Gasteiger partial charge in [-0.1, -0.05) is 0 Å². The van der Waals surface area contributed by atoms with E-state index in [1.165, 1.54) is 0 Å². The first-order valence-corrected chi connectivity index (χ1v) is 2.69. The second kappa shape index (κ2) is 2.37. The molecule has 9 heavy (non-hydrogen) atoms. The Bertz CT molecular complexity index is 296. The van der Waals surface area contributed by atoms with Crippen molar-refractivity contribution in [3.63, 3.8) is 0 Å². The van der Waals surface area contributed by atoms with E-state index >= 15 is 0 Å². The van der Waals surface area contributed by atoms with Crippen molar-refractivity contribution >= 4 is 12.2 Å². The number of nitrogens with zero attached hydrogens (tertiary/aromatic N) is 2. The van der Waals surface area contributed by atoms with Gasteiger partial charge in [0.15, 0.2) is 4.77 Å². The van der Waals surface area contributed by atoms with Gasteiger partial charge in [-0.15, -0.1) is 0 Å². The third-order valence-corrected chi connectivity index (χ3v) is 0.994. The van der Waals surface area contributed by atoms with Gasteiger partial charge in [0, 0.05) is 6.20 Å². The molecule has 1 aromatic heterocycles. The predicted molar refractivity (Wildman–Crippen MR) is 34.1 cm³/mol. The highest BCUT2D eigenvalue weighted by Gasteiger charge is 1.85. The highest BCUT2D eigenvalue weighted by molar-refractivity contribution is 7.71. The van der Waals surface area contributed by atoms with Gasteiger partial charge < -0.3 is 4.98 Å². The van der Waals surface area contributed by atoms with E-state index in [1.807, 2.05) is 6.07 Å². The first kappa shape index (κ1) is 5.92. The van der Waals surface area contributed by atoms with Crippen LogP contribution in [0.4, 0.5) is 0 Å². The average molecular weight is 137 g/mol. The molecule has 0 aromatic carbocycles. The number of nitrogens with one attached hydrogen (secondary N) is 1. The van der Waals surface area contributed by atoms with Crippen molar-refractivity contribution in [1.29, 1.82) is 5.26 Å². The molecule has 0 aliphatic heterocycles. The summed E-state index contributed by atoms with van der Waals surface area (Å²) in [6.07, 6.45) is 1.59. The molecule has 1 heterocycles. The molecular formula is C5H3N3S. The van der Waals surface area contributed by atoms with Crippen LogP contribution in [-0.2, 0) is 0 Å². The Kier molecular flexibility index (Phi) is 1.56. The molecule has 0 aliphatic carbocycles. The highest BCUT2D eigenvalue weighted by Crippen LogP contribution is 1.86. The average Bonchev–Trinajstić information content (AvgIpc) is 1.88. The molecule has 0 spiro atoms. The van der Waals surface area contributed by atoms with Crippen LogP contribution < -0.4 is 0 Å². The van der Waals surface area contributed by atoms with Crippen molar-refractivity contribution in [2.45, 2.75) is 0 Å². The molecule has 0 aliphatic rings. The molecule has 0 atom stereocenters. The Morgan fingerprint density at radius 3 is 3.00 bits per heavy atom. The summed E-state index contributed by atoms with van der Waals surface area (Å²) in [5, 5.41) is 8.29. The van der Waals surface area contributed by atoms with Crippen molar-refractivity contribution < 1.29 is 0 Å². The lowest BCUT2D eigenvalue weighted by atomic mass is 10.5. The minimum atomic E-state index is 0.342. The summed E-state index contributed by atoms with van der Waals surface area (Å²) in [6, 6.07) is 3.44. The zero-order chi connectivity index (χ0) is 6.69. The minimum absolute atomic E-state index is 0.342. The van der Waals surface area contributed by atoms with Gasteiger partial charge in [0.25, 0.3) is 0 Å². The van der Waals surface area contributed by atoms with Crippen LogP contribution in [0.5, 0.6) is 0 Å². The normalized spacial score (nSPS) is 8.33. The number of aromatic amines is 1. The molecule has 1 rings (SSSR count). The Hall–Kier alpha value is -1.21. The van der Waals surface area contributed by atoms with Crippen LogP contribution in [0.1, 0.15) is 5.69 Å². The number of hydrogen-bond donors (Lipinski definition) is 1. The summed E-state index contributed by atoms with van der Waals surface area (Å²) >= 11 is 4.65. The van der Waals surface area contributed by atoms with E-state index < -0.39 is 0 Å². The van der Waals surface area contributed by atoms with E-state index in [2.05, 4.69) is 22.2 Å². The third-order valence-electron chi connectivity index (χ3n) is 0.785. The molecule has 0 amide bonds. The van der Waals surface area contributed by atoms with E-state index in [0.717, 1.165) is 0 Å². The maximum atomic E-state index is 8.29. The fraction of sp³-hybridized carbons (Fsp3) is 0. The van der Waals surface area contributed by atoms with Crippen molar-refractivity contribution in [3.05, 3.63) is 22.7 Å². The highest BCUT2D eigenvalue weighted by atomic mass is 32.1. The molecular weight excluding hydrogens is 134 g/mol. The lowest BCUT2D eigenvalue weighted by Crippen LogP contribution is -1.83. The molecule has 0 radical (unpaired) electrons. The Balaban J connectivity index is 3.28. The van der Waals surface area contributed by atoms with Crippen molar-refractivity contribution in [3.8, 4) is 6.07 Å². The molecule has 4 heteroatoms. The van der Waals surface area contributed by atoms with Gasteiger partial charge in [-0.05, 0) is 18.3 Å². The van der Waals surface area contributed by atoms with E-state index in [4.69, 9.17) is 5.26 Å². The molecule has 0 saturated heterocycles. The summed E-state index contributed by atoms with van der Waals surface area (Å²) in [5.41, 5.74) is 0.346. The van der Waals surface area contributed by atoms with Gasteiger partial charge in [0.2, 0.25) is 0 Å². The van der Waals surface area contributed by atoms with Gasteiger partial charge in [-0.2, -0.15) is 5.26 Å². The van der Waals surface area contributed by atoms with Crippen LogP contribution in [0.3, 0.4) is 0 Å². The Labute approximate surface area is 57.0 Å². The van der Waals surface area contributed by atoms with Crippen LogP contribution in [0.25, 0.3) is 0 Å². The topological polar surface area (TPSA) is 52.5 Å². The fourth-order valence-electron chi connectivity index (χ4n) is 0.433. The van der Waals surface area contributed by atoms with Gasteiger partial charge >= 0.3 is 0 Å². The van der Waals surface area contributed by atoms with Crippen molar-refractivity contribution in [2.24, 2.45) is 0 Å². The number of aromatic nitrogens is 2. The molecule has 1 aromatic rings. The third kappa shape index (κ3) is 1.34. The smallest absolute Gasteiger partial charge is 0.198 e. The largest absolute Gasteiger partial charge is 0.337 e. The lowest BCUT2D eigenvalue weighted by molar-refractivity contribution is 1.11. The van der Waals surface area contributed by atoms with E-state index in [-0.39, 0.29) is 0 Å². The van der Waals surface area contributed by atoms with E-state index in [1.54, 1.807) is 12.3 Å². The summed E-state index contributed by atoms with van der Waals surface area (Å²) in [4.78, 5) is 6.35. The molecule has 0 bridgehead atoms. The number of hydrogen-bond acceptors (Lipinski definition) is 3. The predicted octanol–water partition coefficient (Wildman–Crippen LogP) is 1.01. The van der Waals surface area contributed by atoms with Gasteiger partial charge in [-0.25, -0.2) is 4.98 Å². The maximum absolute atomic E-state index is 8.29. The summed E-state index contributed by atoms with van der Waals surface area (Å²) < 4.78 is 0.342. The van der Waals surface area contributed by atoms with Gasteiger partial charge in [0.1, 0.15) is 11.8 Å². The molecule has 3 nitrogen and oxygen atoms in total. The summed E-state index contributed by atoms with van der Waals surface area (Å²) in [6.45, 7) is 0. The zero-order valence-corrected chi connectivity index (χ0v) is 5.27. The fourth-order valence-corrected chi connectivity index (χ4v) is 0.599. The molecule has 1 N–H and O–H groups in total. The van der Waals surface area contributed by atoms with Gasteiger partial charge in [-0.3, -0.25) is 0 Å². The standard InChI is InChI=1S/C5H3N3S/c6-3-4-1-2-7-5(9)8-4/h1-2H,(H,7,8,9). The van der Waals surface area contributed by atoms with Crippen molar-refractivity contribution in [2.75, 3.05) is 0 Å². The van der Waals surface area contributed by atoms with Crippen LogP contribution in [-0.4, -0.2) is 9.97 Å². The SMILES string of the molecule is N#Cc1cc[nH]c(=S)n1. The van der Waals surface area contributed by atoms with Crippen molar-refractivity contribution in [1.82, 2.24) is 9.97 Å². The Morgan fingerprint density at radius 2 is 2.56 bits per heavy atom. The molecule has 0 fully saturated rings. The minimum Gasteiger partial charge on any atom is -0.337 e. The van der Waals surface area contributed by atoms with Crippen LogP contribution in [0, 0.1) is 16.1 Å². The molecule has 44 valence electrons. The zero-order valence-electron chi connectivity index (χ0n) is 4.46. The quantitative estimate of drug-likeness (QED) is 0.543. The first-order valence-electron chi connectivity index (χ1n) is 2.29. The van der Waals surface area contributed by atoms with Gasteiger partial charge in [0.05, 0.1) is 0 Å². The second-order valence-electron chi connectivity index (χ2n) is 1.39. The molecule has 0 unspecified atom stereocenters. The number of H-pyrrole nitrogens is 1. The summed E-state index contributed by atoms with van der Waals surface area (Å²) in [7, 11) is 0. The molecule has 0 saturated carbocycles. The number of nitriles is 1.